The van der Waals surface area contributed by atoms with E-state index in [0.29, 0.717) is 24.0 Å². The van der Waals surface area contributed by atoms with Crippen molar-refractivity contribution >= 4 is 35.6 Å². The van der Waals surface area contributed by atoms with Gasteiger partial charge in [-0.2, -0.15) is 0 Å². The average Bonchev–Trinajstić information content (AvgIpc) is 4.01. The van der Waals surface area contributed by atoms with Crippen LogP contribution in [0.15, 0.2) is 45.1 Å². The van der Waals surface area contributed by atoms with Gasteiger partial charge in [-0.05, 0) is 92.8 Å². The molecule has 14 heteroatoms. The minimum atomic E-state index is -2.70. The molecule has 0 unspecified atom stereocenters. The number of ketones is 1. The number of rotatable bonds is 0. The van der Waals surface area contributed by atoms with Gasteiger partial charge in [0.05, 0.1) is 29.4 Å². The number of Topliss-reactive ketones (excluding diaryl/α,β-unsaturated/α-hetero) is 1. The lowest BCUT2D eigenvalue weighted by molar-refractivity contribution is -0.202. The van der Waals surface area contributed by atoms with Crippen LogP contribution in [0.2, 0.25) is 0 Å². The standard InChI is InChI=1S/C39H40O14/c1-15-7-8-49-25(40)5-6-26(41)50-13-17-18-11-23-34(3,19-9-22(19)37(23,47)14-51-30(15)42)24-12-36(46)21-10-20(21)35(4)29(36)28(38(18,24)52-32(17)44)27-16(2)31(43)53-39(27,48)33(35)45/h7,19-24,46-48H,5-6,8-14H2,1-4H3/b15-7+/t19-,20-,21+,22+,23-,24+,34+,35+,36+,37+,38+,39-/m1/s1. The number of esters is 5. The van der Waals surface area contributed by atoms with E-state index in [1.165, 1.54) is 19.9 Å². The molecule has 0 amide bonds. The molecule has 5 saturated carbocycles. The number of aliphatic hydroxyl groups is 3. The van der Waals surface area contributed by atoms with Crippen LogP contribution in [0, 0.1) is 46.3 Å². The first-order chi connectivity index (χ1) is 24.9. The van der Waals surface area contributed by atoms with Gasteiger partial charge in [0, 0.05) is 34.1 Å². The maximum atomic E-state index is 14.5. The normalized spacial score (nSPS) is 50.3. The minimum Gasteiger partial charge on any atom is -0.461 e. The predicted octanol–water partition coefficient (Wildman–Crippen LogP) is 1.20. The zero-order valence-corrected chi connectivity index (χ0v) is 29.7. The maximum Gasteiger partial charge on any atom is 0.338 e. The summed E-state index contributed by atoms with van der Waals surface area (Å²) in [6, 6.07) is 0. The predicted molar refractivity (Wildman–Crippen MR) is 173 cm³/mol. The summed E-state index contributed by atoms with van der Waals surface area (Å²) in [7, 11) is 0. The monoisotopic (exact) mass is 732 g/mol. The SMILES string of the molecule is CC1=C2C3=C4[C@@](C)(C(=O)[C@]2(O)OC1=O)[C@@H]1C[C@@H]1[C@@]4(O)C[C@@H]1[C@]32OC(=O)C3=C2C[C@H]2[C@](O)(COC(=O)/C(C)=C/COC(=O)CCC(=O)OC3)[C@H]3C[C@H]3[C@]12C. The summed E-state index contributed by atoms with van der Waals surface area (Å²) in [5.41, 5.74) is -6.43. The first kappa shape index (κ1) is 33.4. The van der Waals surface area contributed by atoms with Gasteiger partial charge in [0.1, 0.15) is 25.4 Å². The van der Waals surface area contributed by atoms with E-state index in [1.807, 2.05) is 6.92 Å². The van der Waals surface area contributed by atoms with Gasteiger partial charge >= 0.3 is 29.8 Å². The van der Waals surface area contributed by atoms with E-state index in [4.69, 9.17) is 23.7 Å². The van der Waals surface area contributed by atoms with E-state index in [0.717, 1.165) is 0 Å². The van der Waals surface area contributed by atoms with Crippen LogP contribution in [-0.2, 0) is 52.5 Å². The van der Waals surface area contributed by atoms with Crippen molar-refractivity contribution in [1.29, 1.82) is 0 Å². The van der Waals surface area contributed by atoms with Crippen LogP contribution in [0.5, 0.6) is 0 Å². The number of carbonyl (C=O) groups excluding carboxylic acids is 6. The molecule has 3 aliphatic heterocycles. The fourth-order valence-corrected chi connectivity index (χ4v) is 12.9. The van der Waals surface area contributed by atoms with Gasteiger partial charge in [0.2, 0.25) is 5.78 Å². The zero-order chi connectivity index (χ0) is 37.6. The van der Waals surface area contributed by atoms with Crippen LogP contribution in [0.25, 0.3) is 0 Å². The van der Waals surface area contributed by atoms with E-state index in [9.17, 15) is 44.1 Å². The van der Waals surface area contributed by atoms with Crippen molar-refractivity contribution in [1.82, 2.24) is 0 Å². The molecule has 0 radical (unpaired) electrons. The fraction of sp³-hybridized carbons (Fsp3) is 0.641. The highest BCUT2D eigenvalue weighted by molar-refractivity contribution is 6.10. The molecule has 12 atom stereocenters. The number of ether oxygens (including phenoxy) is 5. The van der Waals surface area contributed by atoms with E-state index in [2.05, 4.69) is 0 Å². The summed E-state index contributed by atoms with van der Waals surface area (Å²) in [6.07, 6.45) is 1.83. The Kier molecular flexibility index (Phi) is 6.15. The molecule has 3 N–H and O–H groups in total. The summed E-state index contributed by atoms with van der Waals surface area (Å²) < 4.78 is 28.6. The Hall–Kier alpha value is -4.14. The van der Waals surface area contributed by atoms with Crippen molar-refractivity contribution in [2.24, 2.45) is 46.3 Å². The highest BCUT2D eigenvalue weighted by atomic mass is 16.7. The Morgan fingerprint density at radius 2 is 1.45 bits per heavy atom. The molecule has 1 spiro atoms. The van der Waals surface area contributed by atoms with Crippen molar-refractivity contribution in [2.75, 3.05) is 19.8 Å². The quantitative estimate of drug-likeness (QED) is 0.236. The Morgan fingerprint density at radius 1 is 0.755 bits per heavy atom. The topological polar surface area (TPSA) is 209 Å². The molecule has 7 aliphatic carbocycles. The van der Waals surface area contributed by atoms with Gasteiger partial charge in [-0.1, -0.05) is 6.92 Å². The van der Waals surface area contributed by atoms with Crippen molar-refractivity contribution in [2.45, 2.75) is 88.8 Å². The third kappa shape index (κ3) is 3.62. The molecule has 14 nitrogen and oxygen atoms in total. The van der Waals surface area contributed by atoms with Gasteiger partial charge in [0.25, 0.3) is 5.79 Å². The maximum absolute atomic E-state index is 14.5. The van der Waals surface area contributed by atoms with E-state index >= 15 is 0 Å². The lowest BCUT2D eigenvalue weighted by Crippen LogP contribution is -2.68. The third-order valence-electron chi connectivity index (χ3n) is 15.4. The van der Waals surface area contributed by atoms with Crippen LogP contribution in [0.1, 0.15) is 66.2 Å². The molecule has 3 heterocycles. The lowest BCUT2D eigenvalue weighted by Gasteiger charge is -2.63. The van der Waals surface area contributed by atoms with Crippen molar-refractivity contribution in [3.05, 3.63) is 45.1 Å². The molecule has 0 aromatic carbocycles. The molecule has 0 saturated heterocycles. The first-order valence-corrected chi connectivity index (χ1v) is 18.4. The highest BCUT2D eigenvalue weighted by Crippen LogP contribution is 2.84. The highest BCUT2D eigenvalue weighted by Gasteiger charge is 2.87. The molecular weight excluding hydrogens is 692 g/mol. The summed E-state index contributed by atoms with van der Waals surface area (Å²) in [6.45, 7) is 5.45. The molecular formula is C39H40O14. The molecule has 10 aliphatic rings. The molecule has 280 valence electrons. The summed E-state index contributed by atoms with van der Waals surface area (Å²) >= 11 is 0. The van der Waals surface area contributed by atoms with Crippen molar-refractivity contribution < 1.29 is 67.8 Å². The van der Waals surface area contributed by atoms with Crippen molar-refractivity contribution in [3.63, 3.8) is 0 Å². The Bertz CT molecular complexity index is 2070. The molecule has 2 bridgehead atoms. The molecule has 0 aromatic rings. The second kappa shape index (κ2) is 9.74. The average molecular weight is 733 g/mol. The van der Waals surface area contributed by atoms with Gasteiger partial charge in [-0.25, -0.2) is 14.4 Å². The van der Waals surface area contributed by atoms with Gasteiger partial charge < -0.3 is 39.0 Å². The van der Waals surface area contributed by atoms with Crippen LogP contribution in [-0.4, -0.2) is 93.4 Å². The smallest absolute Gasteiger partial charge is 0.338 e. The second-order valence-corrected chi connectivity index (χ2v) is 17.4. The van der Waals surface area contributed by atoms with Crippen molar-refractivity contribution in [3.8, 4) is 0 Å². The Labute approximate surface area is 303 Å². The summed E-state index contributed by atoms with van der Waals surface area (Å²) in [5.74, 6) is -10.0. The van der Waals surface area contributed by atoms with Crippen LogP contribution < -0.4 is 0 Å². The molecule has 5 fully saturated rings. The summed E-state index contributed by atoms with van der Waals surface area (Å²) in [4.78, 5) is 80.7. The lowest BCUT2D eigenvalue weighted by atomic mass is 9.42. The molecule has 0 aromatic heterocycles. The van der Waals surface area contributed by atoms with Crippen LogP contribution in [0.4, 0.5) is 0 Å². The number of carbonyl (C=O) groups is 6. The first-order valence-electron chi connectivity index (χ1n) is 18.4. The number of cyclic esters (lactones) is 3. The second-order valence-electron chi connectivity index (χ2n) is 17.4. The third-order valence-corrected chi connectivity index (χ3v) is 15.4. The number of hydrogen-bond acceptors (Lipinski definition) is 14. The van der Waals surface area contributed by atoms with E-state index < -0.39 is 87.5 Å². The largest absolute Gasteiger partial charge is 0.461 e. The van der Waals surface area contributed by atoms with E-state index in [1.54, 1.807) is 6.92 Å². The Balaban J connectivity index is 1.22. The van der Waals surface area contributed by atoms with Crippen LogP contribution in [0.3, 0.4) is 0 Å². The Morgan fingerprint density at radius 3 is 2.19 bits per heavy atom. The van der Waals surface area contributed by atoms with Gasteiger partial charge in [0.15, 0.2) is 5.60 Å². The molecule has 53 heavy (non-hydrogen) atoms. The van der Waals surface area contributed by atoms with Gasteiger partial charge in [-0.15, -0.1) is 0 Å². The summed E-state index contributed by atoms with van der Waals surface area (Å²) in [5, 5.41) is 38.0. The number of fused-ring (bicyclic) bond motifs is 9. The van der Waals surface area contributed by atoms with E-state index in [-0.39, 0.29) is 90.4 Å². The van der Waals surface area contributed by atoms with Crippen LogP contribution >= 0.6 is 0 Å². The number of hydrogen-bond donors (Lipinski definition) is 3. The fourth-order valence-electron chi connectivity index (χ4n) is 12.9. The zero-order valence-electron chi connectivity index (χ0n) is 29.7. The minimum absolute atomic E-state index is 0.0138. The molecule has 10 rings (SSSR count). The van der Waals surface area contributed by atoms with Gasteiger partial charge in [-0.3, -0.25) is 14.4 Å².